The Bertz CT molecular complexity index is 1010. The number of carbonyl (C=O) groups excluding carboxylic acids is 1. The van der Waals surface area contributed by atoms with Gasteiger partial charge in [0.2, 0.25) is 0 Å². The number of nitro benzene ring substituents is 1. The average Bonchev–Trinajstić information content (AvgIpc) is 3.05. The number of halogens is 1. The third-order valence-electron chi connectivity index (χ3n) is 4.65. The number of para-hydroxylation sites is 2. The van der Waals surface area contributed by atoms with E-state index >= 15 is 0 Å². The normalized spacial score (nSPS) is 17.6. The van der Waals surface area contributed by atoms with Gasteiger partial charge in [0.25, 0.3) is 5.91 Å². The van der Waals surface area contributed by atoms with Crippen molar-refractivity contribution in [2.75, 3.05) is 18.1 Å². The number of nitrogens with zero attached hydrogens (tertiary/aromatic N) is 2. The fourth-order valence-electron chi connectivity index (χ4n) is 3.18. The first-order chi connectivity index (χ1) is 13.7. The Morgan fingerprint density at radius 1 is 1.21 bits per heavy atom. The lowest BCUT2D eigenvalue weighted by Crippen LogP contribution is -2.43. The minimum Gasteiger partial charge on any atom is -0.477 e. The zero-order chi connectivity index (χ0) is 21.0. The van der Waals surface area contributed by atoms with Gasteiger partial charge in [0.15, 0.2) is 22.2 Å². The molecule has 0 spiro atoms. The summed E-state index contributed by atoms with van der Waals surface area (Å²) in [6.45, 7) is -0.401. The fourth-order valence-corrected chi connectivity index (χ4v) is 4.91. The van der Waals surface area contributed by atoms with E-state index in [1.54, 1.807) is 6.07 Å². The van der Waals surface area contributed by atoms with Crippen LogP contribution in [0.2, 0.25) is 0 Å². The summed E-state index contributed by atoms with van der Waals surface area (Å²) in [6.07, 6.45) is 0.292. The second-order valence-electron chi connectivity index (χ2n) is 6.72. The molecule has 1 atom stereocenters. The second-order valence-corrected chi connectivity index (χ2v) is 8.95. The van der Waals surface area contributed by atoms with Crippen LogP contribution in [0.1, 0.15) is 12.0 Å². The Morgan fingerprint density at radius 2 is 1.90 bits per heavy atom. The Balaban J connectivity index is 1.77. The lowest BCUT2D eigenvalue weighted by molar-refractivity contribution is -0.385. The van der Waals surface area contributed by atoms with Crippen LogP contribution in [0.25, 0.3) is 0 Å². The minimum absolute atomic E-state index is 0.0180. The van der Waals surface area contributed by atoms with Crippen molar-refractivity contribution in [3.8, 4) is 5.75 Å². The molecule has 29 heavy (non-hydrogen) atoms. The van der Waals surface area contributed by atoms with E-state index in [4.69, 9.17) is 4.74 Å². The van der Waals surface area contributed by atoms with Crippen LogP contribution in [-0.2, 0) is 21.2 Å². The van der Waals surface area contributed by atoms with E-state index in [9.17, 15) is 27.7 Å². The summed E-state index contributed by atoms with van der Waals surface area (Å²) in [4.78, 5) is 24.7. The fraction of sp³-hybridized carbons (Fsp3) is 0.316. The van der Waals surface area contributed by atoms with Gasteiger partial charge in [-0.05, 0) is 30.2 Å². The molecule has 0 N–H and O–H groups in total. The summed E-state index contributed by atoms with van der Waals surface area (Å²) in [5, 5.41) is 11.1. The molecule has 0 saturated carbocycles. The molecule has 1 amide bonds. The topological polar surface area (TPSA) is 107 Å². The predicted octanol–water partition coefficient (Wildman–Crippen LogP) is 2.33. The molecule has 1 saturated heterocycles. The Kier molecular flexibility index (Phi) is 6.12. The number of ether oxygens (including phenoxy) is 1. The number of benzene rings is 2. The molecule has 0 aromatic heterocycles. The van der Waals surface area contributed by atoms with Crippen molar-refractivity contribution in [2.24, 2.45) is 0 Å². The first-order valence-corrected chi connectivity index (χ1v) is 10.7. The number of nitro groups is 1. The molecule has 8 nitrogen and oxygen atoms in total. The van der Waals surface area contributed by atoms with Gasteiger partial charge in [-0.15, -0.1) is 0 Å². The molecule has 0 bridgehead atoms. The molecular formula is C19H19FN2O6S. The van der Waals surface area contributed by atoms with Crippen LogP contribution in [0.5, 0.6) is 5.75 Å². The van der Waals surface area contributed by atoms with Crippen molar-refractivity contribution in [1.82, 2.24) is 4.90 Å². The van der Waals surface area contributed by atoms with Crippen molar-refractivity contribution in [1.29, 1.82) is 0 Å². The van der Waals surface area contributed by atoms with E-state index in [0.29, 0.717) is 12.0 Å². The molecule has 0 aliphatic carbocycles. The van der Waals surface area contributed by atoms with Gasteiger partial charge in [-0.25, -0.2) is 12.8 Å². The molecule has 10 heteroatoms. The first kappa shape index (κ1) is 20.7. The molecule has 3 rings (SSSR count). The molecule has 1 unspecified atom stereocenters. The molecular weight excluding hydrogens is 403 g/mol. The Hall–Kier alpha value is -3.01. The van der Waals surface area contributed by atoms with E-state index in [0.717, 1.165) is 0 Å². The molecule has 1 heterocycles. The number of hydrogen-bond acceptors (Lipinski definition) is 6. The highest BCUT2D eigenvalue weighted by molar-refractivity contribution is 7.91. The SMILES string of the molecule is O=C(COc1ccccc1[N+](=O)[O-])N(Cc1ccc(F)cc1)C1CCS(=O)(=O)C1. The van der Waals surface area contributed by atoms with Crippen LogP contribution in [0.15, 0.2) is 48.5 Å². The number of carbonyl (C=O) groups is 1. The van der Waals surface area contributed by atoms with Crippen LogP contribution in [0.4, 0.5) is 10.1 Å². The maximum absolute atomic E-state index is 13.2. The van der Waals surface area contributed by atoms with E-state index in [-0.39, 0.29) is 29.5 Å². The maximum Gasteiger partial charge on any atom is 0.310 e. The lowest BCUT2D eigenvalue weighted by atomic mass is 10.1. The van der Waals surface area contributed by atoms with Gasteiger partial charge >= 0.3 is 5.69 Å². The second kappa shape index (κ2) is 8.56. The average molecular weight is 422 g/mol. The number of amides is 1. The lowest BCUT2D eigenvalue weighted by Gasteiger charge is -2.28. The van der Waals surface area contributed by atoms with Crippen molar-refractivity contribution < 1.29 is 27.3 Å². The van der Waals surface area contributed by atoms with Gasteiger partial charge in [0.1, 0.15) is 5.82 Å². The van der Waals surface area contributed by atoms with E-state index in [1.165, 1.54) is 47.4 Å². The largest absolute Gasteiger partial charge is 0.477 e. The van der Waals surface area contributed by atoms with Crippen LogP contribution >= 0.6 is 0 Å². The summed E-state index contributed by atoms with van der Waals surface area (Å²) < 4.78 is 42.3. The Morgan fingerprint density at radius 3 is 2.52 bits per heavy atom. The van der Waals surface area contributed by atoms with Crippen molar-refractivity contribution >= 4 is 21.4 Å². The third-order valence-corrected chi connectivity index (χ3v) is 6.40. The smallest absolute Gasteiger partial charge is 0.310 e. The number of hydrogen-bond donors (Lipinski definition) is 0. The predicted molar refractivity (Wildman–Crippen MR) is 103 cm³/mol. The van der Waals surface area contributed by atoms with Gasteiger partial charge in [-0.1, -0.05) is 24.3 Å². The van der Waals surface area contributed by atoms with E-state index in [1.807, 2.05) is 0 Å². The van der Waals surface area contributed by atoms with Crippen LogP contribution in [0.3, 0.4) is 0 Å². The standard InChI is InChI=1S/C19H19FN2O6S/c20-15-7-5-14(6-8-15)11-21(16-9-10-29(26,27)13-16)19(23)12-28-18-4-2-1-3-17(18)22(24)25/h1-8,16H,9-13H2. The summed E-state index contributed by atoms with van der Waals surface area (Å²) in [5.41, 5.74) is 0.364. The summed E-state index contributed by atoms with van der Waals surface area (Å²) >= 11 is 0. The molecule has 154 valence electrons. The molecule has 2 aromatic rings. The van der Waals surface area contributed by atoms with Gasteiger partial charge in [0, 0.05) is 18.7 Å². The van der Waals surface area contributed by atoms with Gasteiger partial charge in [0.05, 0.1) is 16.4 Å². The number of sulfone groups is 1. The van der Waals surface area contributed by atoms with E-state index in [2.05, 4.69) is 0 Å². The van der Waals surface area contributed by atoms with Crippen LogP contribution in [-0.4, -0.2) is 48.3 Å². The monoisotopic (exact) mass is 422 g/mol. The Labute approximate surface area is 167 Å². The zero-order valence-corrected chi connectivity index (χ0v) is 16.2. The zero-order valence-electron chi connectivity index (χ0n) is 15.4. The van der Waals surface area contributed by atoms with Crippen molar-refractivity contribution in [2.45, 2.75) is 19.0 Å². The van der Waals surface area contributed by atoms with Crippen molar-refractivity contribution in [3.05, 3.63) is 70.0 Å². The quantitative estimate of drug-likeness (QED) is 0.501. The highest BCUT2D eigenvalue weighted by atomic mass is 32.2. The molecule has 2 aromatic carbocycles. The summed E-state index contributed by atoms with van der Waals surface area (Å²) in [5.74, 6) is -1.16. The molecule has 1 aliphatic rings. The first-order valence-electron chi connectivity index (χ1n) is 8.86. The maximum atomic E-state index is 13.2. The molecule has 1 aliphatic heterocycles. The highest BCUT2D eigenvalue weighted by Gasteiger charge is 2.35. The van der Waals surface area contributed by atoms with Crippen LogP contribution < -0.4 is 4.74 Å². The van der Waals surface area contributed by atoms with Crippen molar-refractivity contribution in [3.63, 3.8) is 0 Å². The van der Waals surface area contributed by atoms with Gasteiger partial charge in [-0.2, -0.15) is 0 Å². The summed E-state index contributed by atoms with van der Waals surface area (Å²) in [7, 11) is -3.24. The van der Waals surface area contributed by atoms with E-state index < -0.39 is 39.1 Å². The molecule has 0 radical (unpaired) electrons. The number of rotatable bonds is 7. The summed E-state index contributed by atoms with van der Waals surface area (Å²) in [6, 6.07) is 10.7. The minimum atomic E-state index is -3.24. The van der Waals surface area contributed by atoms with Crippen LogP contribution in [0, 0.1) is 15.9 Å². The van der Waals surface area contributed by atoms with Gasteiger partial charge < -0.3 is 9.64 Å². The van der Waals surface area contributed by atoms with Gasteiger partial charge in [-0.3, -0.25) is 14.9 Å². The highest BCUT2D eigenvalue weighted by Crippen LogP contribution is 2.26. The third kappa shape index (κ3) is 5.29. The molecule has 1 fully saturated rings.